The van der Waals surface area contributed by atoms with Gasteiger partial charge in [-0.25, -0.2) is 0 Å². The van der Waals surface area contributed by atoms with Crippen LogP contribution in [-0.2, 0) is 10.5 Å². The summed E-state index contributed by atoms with van der Waals surface area (Å²) in [6.45, 7) is 0. The number of amides is 1. The van der Waals surface area contributed by atoms with E-state index in [4.69, 9.17) is 21.1 Å². The standard InChI is InChI=1S/C16H17ClN2O3S/c1-21-14-7-15(22-2)13(6-12(14)17)19-16(20)10-23-9-11-4-3-5-18-8-11/h3-8H,9-10H2,1-2H3,(H,19,20). The SMILES string of the molecule is COc1cc(OC)c(NC(=O)CSCc2cccnc2)cc1Cl. The van der Waals surface area contributed by atoms with Crippen LogP contribution >= 0.6 is 23.4 Å². The normalized spacial score (nSPS) is 10.2. The second-order valence-corrected chi connectivity index (χ2v) is 5.98. The zero-order valence-electron chi connectivity index (χ0n) is 12.8. The highest BCUT2D eigenvalue weighted by Gasteiger charge is 2.12. The first-order chi connectivity index (χ1) is 11.1. The van der Waals surface area contributed by atoms with Gasteiger partial charge in [-0.3, -0.25) is 9.78 Å². The number of aromatic nitrogens is 1. The van der Waals surface area contributed by atoms with Crippen molar-refractivity contribution in [2.24, 2.45) is 0 Å². The molecule has 2 aromatic rings. The van der Waals surface area contributed by atoms with Crippen LogP contribution < -0.4 is 14.8 Å². The van der Waals surface area contributed by atoms with Crippen molar-refractivity contribution >= 4 is 35.0 Å². The molecule has 0 aliphatic rings. The number of nitrogens with one attached hydrogen (secondary N) is 1. The summed E-state index contributed by atoms with van der Waals surface area (Å²) in [6, 6.07) is 7.11. The molecule has 0 aliphatic carbocycles. The number of thioether (sulfide) groups is 1. The first-order valence-electron chi connectivity index (χ1n) is 6.82. The lowest BCUT2D eigenvalue weighted by atomic mass is 10.2. The molecular formula is C16H17ClN2O3S. The number of halogens is 1. The van der Waals surface area contributed by atoms with Gasteiger partial charge in [0.15, 0.2) is 0 Å². The molecule has 0 radical (unpaired) electrons. The first kappa shape index (κ1) is 17.4. The van der Waals surface area contributed by atoms with Gasteiger partial charge >= 0.3 is 0 Å². The fraction of sp³-hybridized carbons (Fsp3) is 0.250. The highest BCUT2D eigenvalue weighted by Crippen LogP contribution is 2.35. The third kappa shape index (κ3) is 5.04. The minimum atomic E-state index is -0.126. The molecule has 1 N–H and O–H groups in total. The van der Waals surface area contributed by atoms with Crippen LogP contribution in [0.5, 0.6) is 11.5 Å². The summed E-state index contributed by atoms with van der Waals surface area (Å²) in [5, 5.41) is 3.21. The molecule has 2 rings (SSSR count). The Balaban J connectivity index is 1.93. The molecule has 0 spiro atoms. The van der Waals surface area contributed by atoms with Crippen molar-refractivity contribution in [3.8, 4) is 11.5 Å². The Labute approximate surface area is 144 Å². The van der Waals surface area contributed by atoms with Crippen molar-refractivity contribution < 1.29 is 14.3 Å². The number of hydrogen-bond acceptors (Lipinski definition) is 5. The van der Waals surface area contributed by atoms with Crippen LogP contribution in [-0.4, -0.2) is 30.9 Å². The van der Waals surface area contributed by atoms with E-state index in [0.29, 0.717) is 28.0 Å². The van der Waals surface area contributed by atoms with Gasteiger partial charge in [-0.2, -0.15) is 0 Å². The lowest BCUT2D eigenvalue weighted by Crippen LogP contribution is -2.15. The van der Waals surface area contributed by atoms with E-state index >= 15 is 0 Å². The maximum absolute atomic E-state index is 12.1. The highest BCUT2D eigenvalue weighted by molar-refractivity contribution is 7.99. The summed E-state index contributed by atoms with van der Waals surface area (Å²) in [5.74, 6) is 1.91. The lowest BCUT2D eigenvalue weighted by Gasteiger charge is -2.13. The van der Waals surface area contributed by atoms with Gasteiger partial charge in [0.05, 0.1) is 30.7 Å². The van der Waals surface area contributed by atoms with Gasteiger partial charge in [0.2, 0.25) is 5.91 Å². The number of nitrogens with zero attached hydrogens (tertiary/aromatic N) is 1. The monoisotopic (exact) mass is 352 g/mol. The largest absolute Gasteiger partial charge is 0.495 e. The predicted molar refractivity (Wildman–Crippen MR) is 93.6 cm³/mol. The molecule has 0 unspecified atom stereocenters. The van der Waals surface area contributed by atoms with Crippen LogP contribution in [0, 0.1) is 0 Å². The van der Waals surface area contributed by atoms with Crippen molar-refractivity contribution in [2.75, 3.05) is 25.3 Å². The van der Waals surface area contributed by atoms with Gasteiger partial charge in [0.25, 0.3) is 0 Å². The van der Waals surface area contributed by atoms with Crippen molar-refractivity contribution in [3.05, 3.63) is 47.2 Å². The number of anilines is 1. The molecule has 0 bridgehead atoms. The number of hydrogen-bond donors (Lipinski definition) is 1. The summed E-state index contributed by atoms with van der Waals surface area (Å²) < 4.78 is 10.4. The Morgan fingerprint density at radius 3 is 2.74 bits per heavy atom. The average Bonchev–Trinajstić information content (AvgIpc) is 2.56. The third-order valence-corrected chi connectivity index (χ3v) is 4.27. The van der Waals surface area contributed by atoms with Gasteiger partial charge < -0.3 is 14.8 Å². The van der Waals surface area contributed by atoms with Gasteiger partial charge in [-0.1, -0.05) is 17.7 Å². The molecule has 0 saturated heterocycles. The van der Waals surface area contributed by atoms with E-state index in [1.54, 1.807) is 24.5 Å². The molecule has 1 heterocycles. The molecule has 1 amide bonds. The smallest absolute Gasteiger partial charge is 0.234 e. The Kier molecular flexibility index (Phi) is 6.55. The molecule has 0 atom stereocenters. The molecule has 0 aliphatic heterocycles. The molecule has 0 saturated carbocycles. The van der Waals surface area contributed by atoms with Crippen LogP contribution in [0.15, 0.2) is 36.7 Å². The minimum absolute atomic E-state index is 0.126. The number of carbonyl (C=O) groups excluding carboxylic acids is 1. The van der Waals surface area contributed by atoms with E-state index in [1.165, 1.54) is 26.0 Å². The Bertz CT molecular complexity index is 668. The molecule has 122 valence electrons. The van der Waals surface area contributed by atoms with Crippen molar-refractivity contribution in [1.82, 2.24) is 4.98 Å². The van der Waals surface area contributed by atoms with E-state index in [0.717, 1.165) is 11.3 Å². The summed E-state index contributed by atoms with van der Waals surface area (Å²) in [6.07, 6.45) is 3.51. The number of benzene rings is 1. The van der Waals surface area contributed by atoms with Crippen LogP contribution in [0.1, 0.15) is 5.56 Å². The Morgan fingerprint density at radius 1 is 1.30 bits per heavy atom. The number of carbonyl (C=O) groups is 1. The minimum Gasteiger partial charge on any atom is -0.495 e. The molecule has 1 aromatic heterocycles. The van der Waals surface area contributed by atoms with E-state index in [-0.39, 0.29) is 5.91 Å². The fourth-order valence-corrected chi connectivity index (χ4v) is 2.90. The van der Waals surface area contributed by atoms with Gasteiger partial charge in [0.1, 0.15) is 11.5 Å². The summed E-state index contributed by atoms with van der Waals surface area (Å²) in [4.78, 5) is 16.1. The molecular weight excluding hydrogens is 336 g/mol. The number of rotatable bonds is 7. The zero-order valence-corrected chi connectivity index (χ0v) is 14.4. The molecule has 0 fully saturated rings. The molecule has 5 nitrogen and oxygen atoms in total. The second-order valence-electron chi connectivity index (χ2n) is 4.59. The molecule has 1 aromatic carbocycles. The number of pyridine rings is 1. The van der Waals surface area contributed by atoms with Gasteiger partial charge in [-0.15, -0.1) is 11.8 Å². The summed E-state index contributed by atoms with van der Waals surface area (Å²) in [7, 11) is 3.05. The topological polar surface area (TPSA) is 60.5 Å². The zero-order chi connectivity index (χ0) is 16.7. The Hall–Kier alpha value is -1.92. The molecule has 7 heteroatoms. The van der Waals surface area contributed by atoms with Crippen LogP contribution in [0.4, 0.5) is 5.69 Å². The summed E-state index contributed by atoms with van der Waals surface area (Å²) in [5.41, 5.74) is 1.60. The second kappa shape index (κ2) is 8.64. The highest BCUT2D eigenvalue weighted by atomic mass is 35.5. The maximum Gasteiger partial charge on any atom is 0.234 e. The van der Waals surface area contributed by atoms with Crippen LogP contribution in [0.25, 0.3) is 0 Å². The quantitative estimate of drug-likeness (QED) is 0.824. The fourth-order valence-electron chi connectivity index (χ4n) is 1.89. The van der Waals surface area contributed by atoms with E-state index in [2.05, 4.69) is 10.3 Å². The van der Waals surface area contributed by atoms with Crippen molar-refractivity contribution in [3.63, 3.8) is 0 Å². The first-order valence-corrected chi connectivity index (χ1v) is 8.35. The van der Waals surface area contributed by atoms with Crippen molar-refractivity contribution in [1.29, 1.82) is 0 Å². The van der Waals surface area contributed by atoms with Crippen LogP contribution in [0.3, 0.4) is 0 Å². The number of ether oxygens (including phenoxy) is 2. The lowest BCUT2D eigenvalue weighted by molar-refractivity contribution is -0.113. The molecule has 23 heavy (non-hydrogen) atoms. The Morgan fingerprint density at radius 2 is 2.09 bits per heavy atom. The van der Waals surface area contributed by atoms with Crippen LogP contribution in [0.2, 0.25) is 5.02 Å². The van der Waals surface area contributed by atoms with Crippen molar-refractivity contribution in [2.45, 2.75) is 5.75 Å². The van der Waals surface area contributed by atoms with Gasteiger partial charge in [-0.05, 0) is 17.7 Å². The van der Waals surface area contributed by atoms with E-state index < -0.39 is 0 Å². The van der Waals surface area contributed by atoms with E-state index in [9.17, 15) is 4.79 Å². The maximum atomic E-state index is 12.1. The predicted octanol–water partition coefficient (Wildman–Crippen LogP) is 3.62. The van der Waals surface area contributed by atoms with Gasteiger partial charge in [0, 0.05) is 24.2 Å². The number of methoxy groups -OCH3 is 2. The summed E-state index contributed by atoms with van der Waals surface area (Å²) >= 11 is 7.59. The van der Waals surface area contributed by atoms with E-state index in [1.807, 2.05) is 12.1 Å². The average molecular weight is 353 g/mol. The third-order valence-electron chi connectivity index (χ3n) is 2.97.